The quantitative estimate of drug-likeness (QED) is 0.511. The predicted octanol–water partition coefficient (Wildman–Crippen LogP) is 4.77. The zero-order valence-electron chi connectivity index (χ0n) is 18.7. The van der Waals surface area contributed by atoms with Gasteiger partial charge in [-0.2, -0.15) is 0 Å². The van der Waals surface area contributed by atoms with Gasteiger partial charge >= 0.3 is 0 Å². The van der Waals surface area contributed by atoms with E-state index in [0.717, 1.165) is 22.6 Å². The molecule has 3 aromatic rings. The Hall–Kier alpha value is -3.19. The van der Waals surface area contributed by atoms with Crippen LogP contribution in [-0.4, -0.2) is 32.0 Å². The van der Waals surface area contributed by atoms with Crippen LogP contribution < -0.4 is 10.6 Å². The van der Waals surface area contributed by atoms with Gasteiger partial charge in [0.25, 0.3) is 0 Å². The first-order valence-electron chi connectivity index (χ1n) is 11.0. The average Bonchev–Trinajstić information content (AvgIpc) is 3.37. The van der Waals surface area contributed by atoms with Gasteiger partial charge < -0.3 is 20.1 Å². The molecule has 1 aromatic carbocycles. The second kappa shape index (κ2) is 9.53. The summed E-state index contributed by atoms with van der Waals surface area (Å²) in [7, 11) is 0. The number of anilines is 1. The zero-order chi connectivity index (χ0) is 22.7. The van der Waals surface area contributed by atoms with Crippen LogP contribution in [-0.2, 0) is 4.79 Å². The molecule has 0 unspecified atom stereocenters. The summed E-state index contributed by atoms with van der Waals surface area (Å²) in [6.07, 6.45) is 4.24. The van der Waals surface area contributed by atoms with Crippen LogP contribution in [0.1, 0.15) is 55.3 Å². The second-order valence-electron chi connectivity index (χ2n) is 8.42. The molecule has 32 heavy (non-hydrogen) atoms. The first kappa shape index (κ1) is 22.0. The summed E-state index contributed by atoms with van der Waals surface area (Å²) in [5.74, 6) is -0.0299. The van der Waals surface area contributed by atoms with E-state index in [4.69, 9.17) is 12.2 Å². The number of carbonyl (C=O) groups is 1. The molecule has 0 bridgehead atoms. The van der Waals surface area contributed by atoms with Crippen LogP contribution in [0.5, 0.6) is 0 Å². The number of hydrogen-bond donors (Lipinski definition) is 2. The Morgan fingerprint density at radius 1 is 1.19 bits per heavy atom. The molecule has 7 heteroatoms. The van der Waals surface area contributed by atoms with Crippen LogP contribution in [0.2, 0.25) is 0 Å². The first-order chi connectivity index (χ1) is 15.4. The van der Waals surface area contributed by atoms with E-state index < -0.39 is 0 Å². The lowest BCUT2D eigenvalue weighted by Gasteiger charge is -2.29. The van der Waals surface area contributed by atoms with Crippen LogP contribution in [0.4, 0.5) is 5.69 Å². The maximum atomic E-state index is 12.7. The van der Waals surface area contributed by atoms with Crippen LogP contribution >= 0.6 is 12.2 Å². The van der Waals surface area contributed by atoms with Crippen LogP contribution in [0.15, 0.2) is 67.0 Å². The number of carbonyl (C=O) groups excluding carboxylic acids is 1. The van der Waals surface area contributed by atoms with Crippen LogP contribution in [0, 0.1) is 6.92 Å². The number of rotatable bonds is 7. The third-order valence-electron chi connectivity index (χ3n) is 5.75. The van der Waals surface area contributed by atoms with Gasteiger partial charge in [-0.3, -0.25) is 9.78 Å². The lowest BCUT2D eigenvalue weighted by molar-refractivity contribution is -0.116. The summed E-state index contributed by atoms with van der Waals surface area (Å²) in [6, 6.07) is 18.1. The number of benzene rings is 1. The fourth-order valence-corrected chi connectivity index (χ4v) is 4.60. The van der Waals surface area contributed by atoms with Crippen molar-refractivity contribution in [1.82, 2.24) is 19.8 Å². The third-order valence-corrected chi connectivity index (χ3v) is 6.10. The highest BCUT2D eigenvalue weighted by molar-refractivity contribution is 7.80. The predicted molar refractivity (Wildman–Crippen MR) is 131 cm³/mol. The van der Waals surface area contributed by atoms with E-state index >= 15 is 0 Å². The van der Waals surface area contributed by atoms with Gasteiger partial charge in [-0.1, -0.05) is 18.2 Å². The first-order valence-corrected chi connectivity index (χ1v) is 11.4. The normalized spacial score (nSPS) is 18.1. The largest absolute Gasteiger partial charge is 0.352 e. The molecular weight excluding hydrogens is 418 g/mol. The standard InChI is InChI=1S/C25H29N5OS/c1-17(2)29-14-7-11-21(29)24-23(20-10-4-5-13-26-20)28-25(32)30(24)15-12-22(31)27-19-9-6-8-18(3)16-19/h4-11,13-14,16-17,23-24H,12,15H2,1-3H3,(H,27,31)(H,28,32)/t23-,24+/m0/s1. The molecule has 1 saturated heterocycles. The van der Waals surface area contributed by atoms with Gasteiger partial charge in [0.15, 0.2) is 5.11 Å². The Bertz CT molecular complexity index is 1090. The minimum Gasteiger partial charge on any atom is -0.352 e. The van der Waals surface area contributed by atoms with E-state index in [-0.39, 0.29) is 18.0 Å². The van der Waals surface area contributed by atoms with Crippen molar-refractivity contribution in [1.29, 1.82) is 0 Å². The van der Waals surface area contributed by atoms with Crippen molar-refractivity contribution in [3.63, 3.8) is 0 Å². The lowest BCUT2D eigenvalue weighted by atomic mass is 10.0. The summed E-state index contributed by atoms with van der Waals surface area (Å²) >= 11 is 5.72. The molecule has 2 atom stereocenters. The zero-order valence-corrected chi connectivity index (χ0v) is 19.5. The molecule has 2 aromatic heterocycles. The Kier molecular flexibility index (Phi) is 6.55. The van der Waals surface area contributed by atoms with E-state index in [9.17, 15) is 4.79 Å². The van der Waals surface area contributed by atoms with Gasteiger partial charge in [-0.25, -0.2) is 0 Å². The van der Waals surface area contributed by atoms with E-state index in [0.29, 0.717) is 24.1 Å². The Labute approximate surface area is 194 Å². The van der Waals surface area contributed by atoms with Gasteiger partial charge in [0.1, 0.15) is 0 Å². The molecule has 1 amide bonds. The molecule has 6 nitrogen and oxygen atoms in total. The molecule has 0 spiro atoms. The Morgan fingerprint density at radius 2 is 2.03 bits per heavy atom. The summed E-state index contributed by atoms with van der Waals surface area (Å²) in [5.41, 5.74) is 4.01. The SMILES string of the molecule is Cc1cccc(NC(=O)CCN2C(=S)N[C@@H](c3ccccn3)[C@H]2c2cccn2C(C)C)c1. The number of nitrogens with zero attached hydrogens (tertiary/aromatic N) is 3. The smallest absolute Gasteiger partial charge is 0.226 e. The summed E-state index contributed by atoms with van der Waals surface area (Å²) in [5, 5.41) is 7.10. The number of thiocarbonyl (C=S) groups is 1. The molecule has 166 valence electrons. The van der Waals surface area contributed by atoms with Crippen molar-refractivity contribution in [3.05, 3.63) is 83.9 Å². The minimum absolute atomic E-state index is 0.0299. The molecule has 1 fully saturated rings. The van der Waals surface area contributed by atoms with Crippen molar-refractivity contribution in [3.8, 4) is 0 Å². The molecule has 0 aliphatic carbocycles. The van der Waals surface area contributed by atoms with Gasteiger partial charge in [0, 0.05) is 42.8 Å². The number of pyridine rings is 1. The number of amides is 1. The van der Waals surface area contributed by atoms with Gasteiger partial charge in [0.05, 0.1) is 17.8 Å². The third kappa shape index (κ3) is 4.67. The molecule has 3 heterocycles. The van der Waals surface area contributed by atoms with Crippen molar-refractivity contribution in [2.75, 3.05) is 11.9 Å². The Balaban J connectivity index is 1.57. The monoisotopic (exact) mass is 447 g/mol. The topological polar surface area (TPSA) is 62.2 Å². The molecule has 0 saturated carbocycles. The van der Waals surface area contributed by atoms with E-state index in [1.54, 1.807) is 6.20 Å². The number of hydrogen-bond acceptors (Lipinski definition) is 3. The molecular formula is C25H29N5OS. The van der Waals surface area contributed by atoms with Crippen molar-refractivity contribution in [2.45, 2.75) is 45.3 Å². The van der Waals surface area contributed by atoms with Gasteiger partial charge in [0.2, 0.25) is 5.91 Å². The summed E-state index contributed by atoms with van der Waals surface area (Å²) < 4.78 is 2.26. The fourth-order valence-electron chi connectivity index (χ4n) is 4.26. The van der Waals surface area contributed by atoms with Crippen molar-refractivity contribution < 1.29 is 4.79 Å². The highest BCUT2D eigenvalue weighted by atomic mass is 32.1. The average molecular weight is 448 g/mol. The summed E-state index contributed by atoms with van der Waals surface area (Å²) in [6.45, 7) is 6.86. The summed E-state index contributed by atoms with van der Waals surface area (Å²) in [4.78, 5) is 19.4. The van der Waals surface area contributed by atoms with Crippen LogP contribution in [0.3, 0.4) is 0 Å². The Morgan fingerprint density at radius 3 is 2.75 bits per heavy atom. The van der Waals surface area contributed by atoms with Gasteiger partial charge in [-0.05, 0) is 75.0 Å². The fraction of sp³-hybridized carbons (Fsp3) is 0.320. The lowest BCUT2D eigenvalue weighted by Crippen LogP contribution is -2.33. The highest BCUT2D eigenvalue weighted by Crippen LogP contribution is 2.39. The minimum atomic E-state index is -0.0871. The maximum Gasteiger partial charge on any atom is 0.226 e. The second-order valence-corrected chi connectivity index (χ2v) is 8.81. The molecule has 4 rings (SSSR count). The number of aryl methyl sites for hydroxylation is 1. The molecule has 0 radical (unpaired) electrons. The highest BCUT2D eigenvalue weighted by Gasteiger charge is 2.41. The van der Waals surface area contributed by atoms with Gasteiger partial charge in [-0.15, -0.1) is 0 Å². The van der Waals surface area contributed by atoms with Crippen molar-refractivity contribution in [2.24, 2.45) is 0 Å². The van der Waals surface area contributed by atoms with E-state index in [1.165, 1.54) is 0 Å². The maximum absolute atomic E-state index is 12.7. The van der Waals surface area contributed by atoms with E-state index in [1.807, 2.05) is 49.4 Å². The van der Waals surface area contributed by atoms with E-state index in [2.05, 4.69) is 57.3 Å². The van der Waals surface area contributed by atoms with Crippen LogP contribution in [0.25, 0.3) is 0 Å². The molecule has 2 N–H and O–H groups in total. The van der Waals surface area contributed by atoms with Crippen molar-refractivity contribution >= 4 is 28.9 Å². The number of aromatic nitrogens is 2. The molecule has 1 aliphatic rings. The molecule has 1 aliphatic heterocycles. The number of nitrogens with one attached hydrogen (secondary N) is 2.